The highest BCUT2D eigenvalue weighted by molar-refractivity contribution is 6.23. The SMILES string of the molecule is OC(COCCCCCCCCCCOCCCCc1ccc2ccc3cccc4ccc1c2c34)COC(c1ccccc1)(c1ccccc1)c1ccccc1. The molecule has 7 aromatic rings. The standard InChI is InChI=1S/C52H58O4/c53-48(40-56-52(45-24-10-7-11-25-45,46-26-12-8-13-27-46)47-28-14-9-15-29-47)39-55-38-18-6-4-2-1-3-5-17-36-54-37-19-16-21-41-30-31-44-33-32-42-22-20-23-43-34-35-49(41)51(44)50(42)43/h7-15,20,22-35,48,53H,1-6,16-19,21,36-40H2. The molecule has 0 aromatic heterocycles. The average molecular weight is 747 g/mol. The Bertz CT molecular complexity index is 2050. The predicted molar refractivity (Wildman–Crippen MR) is 233 cm³/mol. The van der Waals surface area contributed by atoms with Crippen molar-refractivity contribution in [3.05, 3.63) is 168 Å². The first kappa shape index (κ1) is 39.6. The monoisotopic (exact) mass is 746 g/mol. The van der Waals surface area contributed by atoms with Gasteiger partial charge in [-0.1, -0.05) is 184 Å². The summed E-state index contributed by atoms with van der Waals surface area (Å²) in [6, 6.07) is 51.2. The Morgan fingerprint density at radius 1 is 0.411 bits per heavy atom. The Labute approximate surface area is 333 Å². The van der Waals surface area contributed by atoms with Gasteiger partial charge in [0, 0.05) is 19.8 Å². The Kier molecular flexibility index (Phi) is 14.5. The summed E-state index contributed by atoms with van der Waals surface area (Å²) in [5, 5.41) is 19.2. The molecule has 7 rings (SSSR count). The minimum atomic E-state index is -0.841. The maximum Gasteiger partial charge on any atom is 0.143 e. The number of aliphatic hydroxyl groups excluding tert-OH is 1. The highest BCUT2D eigenvalue weighted by Gasteiger charge is 2.38. The summed E-state index contributed by atoms with van der Waals surface area (Å²) < 4.78 is 18.6. The summed E-state index contributed by atoms with van der Waals surface area (Å²) in [4.78, 5) is 0. The zero-order valence-corrected chi connectivity index (χ0v) is 32.9. The van der Waals surface area contributed by atoms with Crippen LogP contribution in [0.4, 0.5) is 0 Å². The second kappa shape index (κ2) is 20.5. The van der Waals surface area contributed by atoms with Gasteiger partial charge in [-0.2, -0.15) is 0 Å². The topological polar surface area (TPSA) is 47.9 Å². The Morgan fingerprint density at radius 3 is 1.45 bits per heavy atom. The molecule has 7 aromatic carbocycles. The molecule has 1 unspecified atom stereocenters. The van der Waals surface area contributed by atoms with Crippen molar-refractivity contribution in [3.8, 4) is 0 Å². The van der Waals surface area contributed by atoms with Crippen molar-refractivity contribution in [1.29, 1.82) is 0 Å². The molecule has 0 aliphatic rings. The summed E-state index contributed by atoms with van der Waals surface area (Å²) in [5.74, 6) is 0. The lowest BCUT2D eigenvalue weighted by atomic mass is 9.80. The fraction of sp³-hybridized carbons (Fsp3) is 0.346. The molecule has 0 saturated heterocycles. The third-order valence-electron chi connectivity index (χ3n) is 11.3. The molecule has 0 bridgehead atoms. The molecule has 56 heavy (non-hydrogen) atoms. The van der Waals surface area contributed by atoms with E-state index in [1.54, 1.807) is 0 Å². The van der Waals surface area contributed by atoms with Gasteiger partial charge >= 0.3 is 0 Å². The van der Waals surface area contributed by atoms with Gasteiger partial charge in [0.1, 0.15) is 11.7 Å². The first-order valence-electron chi connectivity index (χ1n) is 21.0. The second-order valence-electron chi connectivity index (χ2n) is 15.3. The van der Waals surface area contributed by atoms with Crippen LogP contribution in [0.25, 0.3) is 32.3 Å². The predicted octanol–water partition coefficient (Wildman–Crippen LogP) is 12.4. The van der Waals surface area contributed by atoms with Crippen LogP contribution >= 0.6 is 0 Å². The van der Waals surface area contributed by atoms with Crippen molar-refractivity contribution < 1.29 is 19.3 Å². The van der Waals surface area contributed by atoms with Crippen LogP contribution in [0.2, 0.25) is 0 Å². The summed E-state index contributed by atoms with van der Waals surface area (Å²) in [7, 11) is 0. The van der Waals surface area contributed by atoms with E-state index < -0.39 is 11.7 Å². The van der Waals surface area contributed by atoms with Crippen molar-refractivity contribution in [2.24, 2.45) is 0 Å². The van der Waals surface area contributed by atoms with Crippen molar-refractivity contribution in [2.75, 3.05) is 33.0 Å². The minimum absolute atomic E-state index is 0.160. The van der Waals surface area contributed by atoms with Gasteiger partial charge in [-0.15, -0.1) is 0 Å². The van der Waals surface area contributed by atoms with Gasteiger partial charge in [-0.3, -0.25) is 0 Å². The molecule has 0 spiro atoms. The number of unbranched alkanes of at least 4 members (excludes halogenated alkanes) is 8. The molecule has 0 radical (unpaired) electrons. The van der Waals surface area contributed by atoms with Gasteiger partial charge in [0.2, 0.25) is 0 Å². The minimum Gasteiger partial charge on any atom is -0.388 e. The van der Waals surface area contributed by atoms with E-state index in [1.165, 1.54) is 70.0 Å². The molecule has 0 amide bonds. The molecule has 0 aliphatic heterocycles. The smallest absolute Gasteiger partial charge is 0.143 e. The van der Waals surface area contributed by atoms with E-state index in [1.807, 2.05) is 54.6 Å². The van der Waals surface area contributed by atoms with E-state index in [9.17, 15) is 5.11 Å². The van der Waals surface area contributed by atoms with Crippen LogP contribution in [0.1, 0.15) is 86.5 Å². The molecule has 4 nitrogen and oxygen atoms in total. The number of hydrogen-bond acceptors (Lipinski definition) is 4. The third-order valence-corrected chi connectivity index (χ3v) is 11.3. The van der Waals surface area contributed by atoms with Crippen LogP contribution in [0, 0.1) is 0 Å². The Balaban J connectivity index is 0.716. The molecular weight excluding hydrogens is 689 g/mol. The quantitative estimate of drug-likeness (QED) is 0.0380. The molecule has 0 aliphatic carbocycles. The van der Waals surface area contributed by atoms with Crippen molar-refractivity contribution >= 4 is 32.3 Å². The molecule has 0 heterocycles. The third kappa shape index (κ3) is 9.86. The zero-order valence-electron chi connectivity index (χ0n) is 32.9. The summed E-state index contributed by atoms with van der Waals surface area (Å²) in [6.07, 6.45) is 12.2. The van der Waals surface area contributed by atoms with E-state index in [0.717, 1.165) is 68.4 Å². The fourth-order valence-electron chi connectivity index (χ4n) is 8.36. The lowest BCUT2D eigenvalue weighted by Crippen LogP contribution is -2.36. The first-order valence-corrected chi connectivity index (χ1v) is 21.0. The van der Waals surface area contributed by atoms with Crippen LogP contribution in [-0.2, 0) is 26.2 Å². The van der Waals surface area contributed by atoms with Crippen molar-refractivity contribution in [2.45, 2.75) is 82.3 Å². The Morgan fingerprint density at radius 2 is 0.875 bits per heavy atom. The molecule has 1 atom stereocenters. The van der Waals surface area contributed by atoms with Crippen LogP contribution in [0.5, 0.6) is 0 Å². The highest BCUT2D eigenvalue weighted by atomic mass is 16.5. The van der Waals surface area contributed by atoms with E-state index in [-0.39, 0.29) is 13.2 Å². The maximum atomic E-state index is 10.9. The van der Waals surface area contributed by atoms with Crippen LogP contribution in [0.15, 0.2) is 146 Å². The summed E-state index contributed by atoms with van der Waals surface area (Å²) in [5.41, 5.74) is 3.69. The van der Waals surface area contributed by atoms with Gasteiger partial charge in [-0.25, -0.2) is 0 Å². The highest BCUT2D eigenvalue weighted by Crippen LogP contribution is 2.41. The number of hydrogen-bond donors (Lipinski definition) is 1. The van der Waals surface area contributed by atoms with Crippen LogP contribution in [0.3, 0.4) is 0 Å². The average Bonchev–Trinajstić information content (AvgIpc) is 3.25. The van der Waals surface area contributed by atoms with E-state index in [2.05, 4.69) is 91.0 Å². The van der Waals surface area contributed by atoms with Gasteiger partial charge in [0.25, 0.3) is 0 Å². The molecule has 1 N–H and O–H groups in total. The number of benzene rings is 7. The zero-order chi connectivity index (χ0) is 38.3. The summed E-state index contributed by atoms with van der Waals surface area (Å²) >= 11 is 0. The van der Waals surface area contributed by atoms with Crippen LogP contribution in [-0.4, -0.2) is 44.2 Å². The lowest BCUT2D eigenvalue weighted by molar-refractivity contribution is -0.0641. The maximum absolute atomic E-state index is 10.9. The van der Waals surface area contributed by atoms with E-state index in [0.29, 0.717) is 6.61 Å². The first-order chi connectivity index (χ1) is 27.7. The number of ether oxygens (including phenoxy) is 3. The van der Waals surface area contributed by atoms with Gasteiger partial charge in [0.15, 0.2) is 0 Å². The van der Waals surface area contributed by atoms with Crippen molar-refractivity contribution in [3.63, 3.8) is 0 Å². The van der Waals surface area contributed by atoms with Crippen LogP contribution < -0.4 is 0 Å². The lowest BCUT2D eigenvalue weighted by Gasteiger charge is -2.36. The van der Waals surface area contributed by atoms with Crippen molar-refractivity contribution in [1.82, 2.24) is 0 Å². The van der Waals surface area contributed by atoms with Gasteiger partial charge in [-0.05, 0) is 86.7 Å². The normalized spacial score (nSPS) is 12.6. The number of aliphatic hydroxyl groups is 1. The molecule has 0 fully saturated rings. The van der Waals surface area contributed by atoms with E-state index >= 15 is 0 Å². The molecular formula is C52H58O4. The summed E-state index contributed by atoms with van der Waals surface area (Å²) in [6.45, 7) is 2.81. The van der Waals surface area contributed by atoms with Gasteiger partial charge < -0.3 is 19.3 Å². The molecule has 0 saturated carbocycles. The van der Waals surface area contributed by atoms with Gasteiger partial charge in [0.05, 0.1) is 13.2 Å². The number of rotatable bonds is 24. The fourth-order valence-corrected chi connectivity index (χ4v) is 8.36. The Hall–Kier alpha value is -4.58. The largest absolute Gasteiger partial charge is 0.388 e. The number of aryl methyl sites for hydroxylation is 1. The second-order valence-corrected chi connectivity index (χ2v) is 15.3. The van der Waals surface area contributed by atoms with E-state index in [4.69, 9.17) is 14.2 Å². The molecule has 4 heteroatoms. The molecule has 290 valence electrons.